The van der Waals surface area contributed by atoms with Gasteiger partial charge in [-0.2, -0.15) is 0 Å². The predicted molar refractivity (Wildman–Crippen MR) is 74.1 cm³/mol. The number of hydrogen-bond donors (Lipinski definition) is 0. The number of amides is 2. The third kappa shape index (κ3) is 2.61. The smallest absolute Gasteiger partial charge is 0.320 e. The molecule has 0 atom stereocenters. The molecule has 1 fully saturated rings. The zero-order valence-electron chi connectivity index (χ0n) is 10.9. The van der Waals surface area contributed by atoms with Crippen molar-refractivity contribution >= 4 is 17.6 Å². The van der Waals surface area contributed by atoms with Crippen LogP contribution in [0.15, 0.2) is 24.3 Å². The summed E-state index contributed by atoms with van der Waals surface area (Å²) in [5, 5.41) is 0.758. The topological polar surface area (TPSA) is 23.6 Å². The molecule has 0 unspecified atom stereocenters. The summed E-state index contributed by atoms with van der Waals surface area (Å²) in [4.78, 5) is 15.8. The molecule has 2 amide bonds. The summed E-state index contributed by atoms with van der Waals surface area (Å²) in [6, 6.07) is 8.07. The molecule has 1 heterocycles. The van der Waals surface area contributed by atoms with E-state index in [4.69, 9.17) is 11.6 Å². The summed E-state index contributed by atoms with van der Waals surface area (Å²) in [7, 11) is 0. The number of carbonyl (C=O) groups excluding carboxylic acids is 1. The number of carbonyl (C=O) groups is 1. The van der Waals surface area contributed by atoms with Crippen molar-refractivity contribution in [2.75, 3.05) is 26.2 Å². The summed E-state index contributed by atoms with van der Waals surface area (Å²) in [6.45, 7) is 7.21. The molecule has 0 saturated carbocycles. The van der Waals surface area contributed by atoms with Crippen LogP contribution in [0, 0.1) is 0 Å². The Morgan fingerprint density at radius 2 is 1.83 bits per heavy atom. The molecule has 0 spiro atoms. The number of likely N-dealkylation sites (tertiary alicyclic amines) is 1. The first-order chi connectivity index (χ1) is 8.65. The quantitative estimate of drug-likeness (QED) is 0.824. The van der Waals surface area contributed by atoms with E-state index in [2.05, 4.69) is 0 Å². The second-order valence-corrected chi connectivity index (χ2v) is 5.04. The lowest BCUT2D eigenvalue weighted by atomic mass is 9.92. The predicted octanol–water partition coefficient (Wildman–Crippen LogP) is 3.20. The molecule has 4 heteroatoms. The second-order valence-electron chi connectivity index (χ2n) is 4.61. The van der Waals surface area contributed by atoms with E-state index in [0.29, 0.717) is 5.92 Å². The Hall–Kier alpha value is -1.22. The Balaban J connectivity index is 1.90. The normalized spacial score (nSPS) is 15.4. The van der Waals surface area contributed by atoms with Crippen LogP contribution in [-0.4, -0.2) is 42.0 Å². The molecule has 18 heavy (non-hydrogen) atoms. The Morgan fingerprint density at radius 1 is 1.28 bits per heavy atom. The molecule has 1 aromatic rings. The fraction of sp³-hybridized carbons (Fsp3) is 0.500. The maximum Gasteiger partial charge on any atom is 0.320 e. The van der Waals surface area contributed by atoms with Crippen LogP contribution in [0.2, 0.25) is 5.02 Å². The molecule has 1 aromatic carbocycles. The van der Waals surface area contributed by atoms with Gasteiger partial charge in [-0.3, -0.25) is 0 Å². The average molecular weight is 267 g/mol. The molecule has 2 rings (SSSR count). The van der Waals surface area contributed by atoms with Crippen LogP contribution in [0.3, 0.4) is 0 Å². The van der Waals surface area contributed by atoms with Crippen molar-refractivity contribution in [3.8, 4) is 0 Å². The van der Waals surface area contributed by atoms with Crippen LogP contribution >= 0.6 is 11.6 Å². The van der Waals surface area contributed by atoms with Crippen LogP contribution in [0.25, 0.3) is 0 Å². The molecule has 3 nitrogen and oxygen atoms in total. The van der Waals surface area contributed by atoms with Crippen molar-refractivity contribution in [2.45, 2.75) is 19.8 Å². The fourth-order valence-electron chi connectivity index (χ4n) is 2.27. The monoisotopic (exact) mass is 266 g/mol. The average Bonchev–Trinajstić information content (AvgIpc) is 2.31. The van der Waals surface area contributed by atoms with Crippen LogP contribution < -0.4 is 0 Å². The first-order valence-electron chi connectivity index (χ1n) is 6.45. The van der Waals surface area contributed by atoms with Crippen molar-refractivity contribution < 1.29 is 4.79 Å². The standard InChI is InChI=1S/C14H19ClN2O/c1-3-16(4-2)14(18)17-9-12(10-17)11-5-7-13(15)8-6-11/h5-8,12H,3-4,9-10H2,1-2H3. The molecular formula is C14H19ClN2O. The van der Waals surface area contributed by atoms with Crippen molar-refractivity contribution in [2.24, 2.45) is 0 Å². The molecule has 0 aromatic heterocycles. The lowest BCUT2D eigenvalue weighted by molar-refractivity contribution is 0.117. The van der Waals surface area contributed by atoms with Crippen LogP contribution in [0.1, 0.15) is 25.3 Å². The highest BCUT2D eigenvalue weighted by atomic mass is 35.5. The van der Waals surface area contributed by atoms with Gasteiger partial charge in [-0.1, -0.05) is 23.7 Å². The van der Waals surface area contributed by atoms with Crippen molar-refractivity contribution in [1.82, 2.24) is 9.80 Å². The minimum atomic E-state index is 0.158. The summed E-state index contributed by atoms with van der Waals surface area (Å²) in [5.74, 6) is 0.460. The lowest BCUT2D eigenvalue weighted by Crippen LogP contribution is -2.53. The zero-order chi connectivity index (χ0) is 13.1. The van der Waals surface area contributed by atoms with Gasteiger partial charge in [0.2, 0.25) is 0 Å². The first-order valence-corrected chi connectivity index (χ1v) is 6.82. The van der Waals surface area contributed by atoms with Gasteiger partial charge in [-0.25, -0.2) is 4.79 Å². The third-order valence-electron chi connectivity index (χ3n) is 3.53. The molecule has 1 aliphatic rings. The Morgan fingerprint density at radius 3 is 2.33 bits per heavy atom. The SMILES string of the molecule is CCN(CC)C(=O)N1CC(c2ccc(Cl)cc2)C1. The van der Waals surface area contributed by atoms with Gasteiger partial charge in [-0.15, -0.1) is 0 Å². The third-order valence-corrected chi connectivity index (χ3v) is 3.78. The van der Waals surface area contributed by atoms with E-state index in [0.717, 1.165) is 31.2 Å². The highest BCUT2D eigenvalue weighted by molar-refractivity contribution is 6.30. The number of hydrogen-bond acceptors (Lipinski definition) is 1. The first kappa shape index (κ1) is 13.2. The van der Waals surface area contributed by atoms with Gasteiger partial charge in [0.25, 0.3) is 0 Å². The number of benzene rings is 1. The van der Waals surface area contributed by atoms with Crippen molar-refractivity contribution in [3.63, 3.8) is 0 Å². The number of urea groups is 1. The minimum Gasteiger partial charge on any atom is -0.325 e. The van der Waals surface area contributed by atoms with E-state index in [1.54, 1.807) is 0 Å². The molecule has 98 valence electrons. The Labute approximate surface area is 113 Å². The highest BCUT2D eigenvalue weighted by Gasteiger charge is 2.33. The zero-order valence-corrected chi connectivity index (χ0v) is 11.7. The maximum atomic E-state index is 12.0. The molecule has 0 radical (unpaired) electrons. The van der Waals surface area contributed by atoms with Gasteiger partial charge >= 0.3 is 6.03 Å². The summed E-state index contributed by atoms with van der Waals surface area (Å²) in [6.07, 6.45) is 0. The highest BCUT2D eigenvalue weighted by Crippen LogP contribution is 2.28. The van der Waals surface area contributed by atoms with Gasteiger partial charge in [0, 0.05) is 37.1 Å². The van der Waals surface area contributed by atoms with Crippen LogP contribution in [0.4, 0.5) is 4.79 Å². The van der Waals surface area contributed by atoms with E-state index >= 15 is 0 Å². The largest absolute Gasteiger partial charge is 0.325 e. The van der Waals surface area contributed by atoms with Gasteiger partial charge in [-0.05, 0) is 31.5 Å². The summed E-state index contributed by atoms with van der Waals surface area (Å²) < 4.78 is 0. The molecule has 0 aliphatic carbocycles. The minimum absolute atomic E-state index is 0.158. The van der Waals surface area contributed by atoms with E-state index < -0.39 is 0 Å². The second kappa shape index (κ2) is 5.61. The molecule has 1 saturated heterocycles. The van der Waals surface area contributed by atoms with E-state index in [9.17, 15) is 4.79 Å². The number of halogens is 1. The number of rotatable bonds is 3. The van der Waals surface area contributed by atoms with Crippen molar-refractivity contribution in [3.05, 3.63) is 34.9 Å². The maximum absolute atomic E-state index is 12.0. The number of nitrogens with zero attached hydrogens (tertiary/aromatic N) is 2. The van der Waals surface area contributed by atoms with E-state index in [-0.39, 0.29) is 6.03 Å². The fourth-order valence-corrected chi connectivity index (χ4v) is 2.40. The van der Waals surface area contributed by atoms with Crippen molar-refractivity contribution in [1.29, 1.82) is 0 Å². The summed E-state index contributed by atoms with van der Waals surface area (Å²) in [5.41, 5.74) is 1.27. The van der Waals surface area contributed by atoms with Gasteiger partial charge in [0.05, 0.1) is 0 Å². The van der Waals surface area contributed by atoms with Gasteiger partial charge < -0.3 is 9.80 Å². The molecule has 0 N–H and O–H groups in total. The Bertz CT molecular complexity index is 408. The van der Waals surface area contributed by atoms with Crippen LogP contribution in [-0.2, 0) is 0 Å². The van der Waals surface area contributed by atoms with Gasteiger partial charge in [0.1, 0.15) is 0 Å². The Kier molecular flexibility index (Phi) is 4.12. The van der Waals surface area contributed by atoms with E-state index in [1.165, 1.54) is 5.56 Å². The molecule has 1 aliphatic heterocycles. The van der Waals surface area contributed by atoms with E-state index in [1.807, 2.05) is 47.9 Å². The van der Waals surface area contributed by atoms with Crippen LogP contribution in [0.5, 0.6) is 0 Å². The summed E-state index contributed by atoms with van der Waals surface area (Å²) >= 11 is 5.86. The molecule has 0 bridgehead atoms. The van der Waals surface area contributed by atoms with Gasteiger partial charge in [0.15, 0.2) is 0 Å². The molecular weight excluding hydrogens is 248 g/mol. The lowest BCUT2D eigenvalue weighted by Gasteiger charge is -2.41.